The molecule has 1 aromatic heterocycles. The normalized spacial score (nSPS) is 22.1. The maximum absolute atomic E-state index is 12.3. The molecule has 1 fully saturated rings. The third kappa shape index (κ3) is 14.4. The topological polar surface area (TPSA) is 315 Å². The van der Waals surface area contributed by atoms with Crippen molar-refractivity contribution in [2.75, 3.05) is 39.5 Å². The summed E-state index contributed by atoms with van der Waals surface area (Å²) < 4.78 is 57.4. The quantitative estimate of drug-likeness (QED) is 0.0426. The Morgan fingerprint density at radius 2 is 1.84 bits per heavy atom. The minimum atomic E-state index is -5.83. The number of H-pyrrole nitrogens is 1. The van der Waals surface area contributed by atoms with Crippen LogP contribution >= 0.6 is 23.5 Å². The highest BCUT2D eigenvalue weighted by atomic mass is 31.3. The molecule has 1 saturated heterocycles. The molecule has 0 spiro atoms. The van der Waals surface area contributed by atoms with E-state index in [4.69, 9.17) is 25.6 Å². The van der Waals surface area contributed by atoms with Crippen molar-refractivity contribution in [3.05, 3.63) is 43.0 Å². The number of phosphoric acid groups is 3. The van der Waals surface area contributed by atoms with Gasteiger partial charge in [-0.05, 0) is 26.3 Å². The lowest BCUT2D eigenvalue weighted by Crippen LogP contribution is -3.11. The molecule has 43 heavy (non-hydrogen) atoms. The van der Waals surface area contributed by atoms with Crippen LogP contribution in [0, 0.1) is 11.8 Å². The maximum atomic E-state index is 12.3. The Morgan fingerprint density at radius 3 is 2.35 bits per heavy atom. The minimum Gasteiger partial charge on any atom is -0.756 e. The Morgan fingerprint density at radius 1 is 1.21 bits per heavy atom. The first-order chi connectivity index (χ1) is 20.0. The largest absolute Gasteiger partial charge is 0.756 e. The van der Waals surface area contributed by atoms with Crippen LogP contribution in [0.15, 0.2) is 20.9 Å². The summed E-state index contributed by atoms with van der Waals surface area (Å²) >= 11 is 0. The van der Waals surface area contributed by atoms with Crippen LogP contribution < -0.4 is 26.8 Å². The molecule has 0 radical (unpaired) electrons. The predicted octanol–water partition coefficient (Wildman–Crippen LogP) is -1.57. The van der Waals surface area contributed by atoms with Gasteiger partial charge in [0.2, 0.25) is 0 Å². The molecule has 244 valence electrons. The molecule has 1 aliphatic heterocycles. The number of rotatable bonds is 14. The summed E-state index contributed by atoms with van der Waals surface area (Å²) in [6, 6.07) is 0. The summed E-state index contributed by atoms with van der Waals surface area (Å²) in [5.74, 6) is 4.89. The second kappa shape index (κ2) is 17.9. The van der Waals surface area contributed by atoms with E-state index >= 15 is 0 Å². The molecule has 1 aliphatic rings. The van der Waals surface area contributed by atoms with Gasteiger partial charge in [0.1, 0.15) is 24.6 Å². The van der Waals surface area contributed by atoms with Gasteiger partial charge in [-0.15, -0.1) is 0 Å². The Balaban J connectivity index is 0.00000117. The summed E-state index contributed by atoms with van der Waals surface area (Å²) in [5.41, 5.74) is 11.8. The van der Waals surface area contributed by atoms with E-state index in [0.717, 1.165) is 10.8 Å². The van der Waals surface area contributed by atoms with Gasteiger partial charge in [0.15, 0.2) is 0 Å². The monoisotopic (exact) mass is 677 g/mol. The Bertz CT molecular complexity index is 1420. The van der Waals surface area contributed by atoms with Crippen molar-refractivity contribution >= 4 is 23.5 Å². The first kappa shape index (κ1) is 38.8. The molecule has 0 saturated carbocycles. The zero-order valence-electron chi connectivity index (χ0n) is 23.3. The highest BCUT2D eigenvalue weighted by Gasteiger charge is 2.42. The summed E-state index contributed by atoms with van der Waals surface area (Å²) in [7, 11) is -17.2. The molecule has 6 atom stereocenters. The van der Waals surface area contributed by atoms with E-state index in [-0.39, 0.29) is 18.5 Å². The van der Waals surface area contributed by atoms with Crippen molar-refractivity contribution in [1.29, 1.82) is 0 Å². The van der Waals surface area contributed by atoms with Gasteiger partial charge in [-0.1, -0.05) is 17.0 Å². The number of nitrogens with two attached hydrogens (primary N) is 1. The van der Waals surface area contributed by atoms with E-state index in [1.54, 1.807) is 4.90 Å². The van der Waals surface area contributed by atoms with Gasteiger partial charge in [-0.2, -0.15) is 4.31 Å². The van der Waals surface area contributed by atoms with Gasteiger partial charge in [0, 0.05) is 17.5 Å². The fourth-order valence-corrected chi connectivity index (χ4v) is 6.50. The standard InChI is InChI=1S/C13H19N6O14P3.C6H15N/c14-3-1-2-8-5-19(13(21)17-12(8)20)11-4-9(29-7-16-18-15)10(31-11)6-30-35(25,26)33-36(27,28)32-34(22,23)24;1-4-7(5-2)6-3/h5,9-11H,3-4,6-7,14H2,(H,25,26)(H,27,28)(H,17,20,21)(H2,22,23,24);4-6H2,1-3H3/t9-,10+,11+;/m0./s1. The molecular formula is C19H34N7O14P3. The van der Waals surface area contributed by atoms with Crippen LogP contribution in [-0.2, 0) is 36.3 Å². The fourth-order valence-electron chi connectivity index (χ4n) is 3.50. The van der Waals surface area contributed by atoms with Crippen LogP contribution in [0.4, 0.5) is 0 Å². The Hall–Kier alpha value is -2.20. The SMILES string of the molecule is CC[NH+](CC)CC.[N-]=[N+]=NCO[C@H]1C[C@H](n2cc(C#CCN)c(=O)[nH]c2=O)O[C@@H]1COP(=O)(O)OP(=O)(O)OP(=O)([O-])O. The fraction of sp³-hybridized carbons (Fsp3) is 0.684. The van der Waals surface area contributed by atoms with Crippen LogP contribution in [0.1, 0.15) is 39.0 Å². The van der Waals surface area contributed by atoms with Crippen molar-refractivity contribution < 1.29 is 60.8 Å². The van der Waals surface area contributed by atoms with E-state index in [1.807, 2.05) is 4.98 Å². The molecule has 0 amide bonds. The second-order valence-electron chi connectivity index (χ2n) is 8.32. The van der Waals surface area contributed by atoms with Crippen molar-refractivity contribution in [2.24, 2.45) is 10.8 Å². The molecule has 2 heterocycles. The number of azide groups is 1. The van der Waals surface area contributed by atoms with E-state index in [1.165, 1.54) is 19.6 Å². The third-order valence-corrected chi connectivity index (χ3v) is 9.29. The van der Waals surface area contributed by atoms with Crippen LogP contribution in [0.2, 0.25) is 0 Å². The number of ether oxygens (including phenoxy) is 2. The zero-order valence-corrected chi connectivity index (χ0v) is 26.0. The van der Waals surface area contributed by atoms with Crippen LogP contribution in [0.3, 0.4) is 0 Å². The Labute approximate surface area is 245 Å². The molecule has 2 rings (SSSR count). The summed E-state index contributed by atoms with van der Waals surface area (Å²) in [5, 5.41) is 3.16. The molecular weight excluding hydrogens is 643 g/mol. The summed E-state index contributed by atoms with van der Waals surface area (Å²) in [6.07, 6.45) is -2.66. The van der Waals surface area contributed by atoms with Crippen LogP contribution in [0.5, 0.6) is 0 Å². The van der Waals surface area contributed by atoms with E-state index in [0.29, 0.717) is 0 Å². The lowest BCUT2D eigenvalue weighted by molar-refractivity contribution is -0.894. The third-order valence-electron chi connectivity index (χ3n) is 5.51. The van der Waals surface area contributed by atoms with E-state index < -0.39 is 66.5 Å². The molecule has 1 aromatic rings. The number of nitrogens with zero attached hydrogens (tertiary/aromatic N) is 4. The number of quaternary nitrogens is 1. The van der Waals surface area contributed by atoms with Crippen molar-refractivity contribution in [3.8, 4) is 11.8 Å². The first-order valence-electron chi connectivity index (χ1n) is 12.4. The van der Waals surface area contributed by atoms with Crippen LogP contribution in [-0.4, -0.2) is 76.0 Å². The van der Waals surface area contributed by atoms with Gasteiger partial charge in [0.25, 0.3) is 13.4 Å². The smallest absolute Gasteiger partial charge is 0.487 e. The molecule has 0 aromatic carbocycles. The van der Waals surface area contributed by atoms with E-state index in [9.17, 15) is 38.0 Å². The van der Waals surface area contributed by atoms with Gasteiger partial charge in [-0.3, -0.25) is 23.4 Å². The number of nitrogens with one attached hydrogen (secondary N) is 2. The van der Waals surface area contributed by atoms with Crippen molar-refractivity contribution in [3.63, 3.8) is 0 Å². The number of hydrogen-bond acceptors (Lipinski definition) is 13. The van der Waals surface area contributed by atoms with Gasteiger partial charge >= 0.3 is 21.3 Å². The van der Waals surface area contributed by atoms with Gasteiger partial charge in [0.05, 0.1) is 38.9 Å². The number of aromatic nitrogens is 2. The van der Waals surface area contributed by atoms with Crippen LogP contribution in [0.25, 0.3) is 10.4 Å². The highest BCUT2D eigenvalue weighted by molar-refractivity contribution is 7.66. The minimum absolute atomic E-state index is 0.0764. The average Bonchev–Trinajstić information content (AvgIpc) is 3.29. The zero-order chi connectivity index (χ0) is 32.8. The average molecular weight is 677 g/mol. The summed E-state index contributed by atoms with van der Waals surface area (Å²) in [4.78, 5) is 68.2. The second-order valence-corrected chi connectivity index (χ2v) is 12.7. The molecule has 3 unspecified atom stereocenters. The molecule has 24 heteroatoms. The Kier molecular flexibility index (Phi) is 16.2. The number of phosphoric ester groups is 1. The predicted molar refractivity (Wildman–Crippen MR) is 145 cm³/mol. The maximum Gasteiger partial charge on any atom is 0.487 e. The lowest BCUT2D eigenvalue weighted by atomic mass is 10.2. The molecule has 21 nitrogen and oxygen atoms in total. The summed E-state index contributed by atoms with van der Waals surface area (Å²) in [6.45, 7) is 8.95. The van der Waals surface area contributed by atoms with Gasteiger partial charge in [-0.25, -0.2) is 18.2 Å². The highest BCUT2D eigenvalue weighted by Crippen LogP contribution is 2.65. The van der Waals surface area contributed by atoms with Crippen molar-refractivity contribution in [2.45, 2.75) is 45.6 Å². The number of aromatic amines is 1. The number of hydrogen-bond donors (Lipinski definition) is 6. The van der Waals surface area contributed by atoms with Crippen molar-refractivity contribution in [1.82, 2.24) is 9.55 Å². The molecule has 0 aliphatic carbocycles. The van der Waals surface area contributed by atoms with Gasteiger partial charge < -0.3 is 39.7 Å². The van der Waals surface area contributed by atoms with E-state index in [2.05, 4.69) is 55.8 Å². The molecule has 0 bridgehead atoms. The lowest BCUT2D eigenvalue weighted by Gasteiger charge is -2.22. The molecule has 7 N–H and O–H groups in total. The first-order valence-corrected chi connectivity index (χ1v) is 16.9.